The van der Waals surface area contributed by atoms with E-state index in [0.717, 1.165) is 28.3 Å². The number of nitrogens with zero attached hydrogens (tertiary/aromatic N) is 2. The van der Waals surface area contributed by atoms with Gasteiger partial charge in [0.2, 0.25) is 5.95 Å². The van der Waals surface area contributed by atoms with Crippen molar-refractivity contribution in [2.75, 3.05) is 30.9 Å². The molecule has 1 heterocycles. The molecule has 0 spiro atoms. The number of ether oxygens (including phenoxy) is 1. The zero-order valence-corrected chi connectivity index (χ0v) is 15.5. The van der Waals surface area contributed by atoms with Gasteiger partial charge in [0.1, 0.15) is 5.82 Å². The van der Waals surface area contributed by atoms with Crippen LogP contribution in [0.2, 0.25) is 5.02 Å². The second-order valence-electron chi connectivity index (χ2n) is 5.83. The van der Waals surface area contributed by atoms with Gasteiger partial charge in [-0.05, 0) is 24.6 Å². The van der Waals surface area contributed by atoms with Crippen LogP contribution in [0.5, 0.6) is 0 Å². The number of nitrogens with one attached hydrogen (secondary N) is 2. The second kappa shape index (κ2) is 8.65. The Morgan fingerprint density at radius 1 is 1.04 bits per heavy atom. The molecule has 3 aromatic rings. The summed E-state index contributed by atoms with van der Waals surface area (Å²) in [6.07, 6.45) is 0. The van der Waals surface area contributed by atoms with Crippen molar-refractivity contribution in [3.63, 3.8) is 0 Å². The van der Waals surface area contributed by atoms with Crippen LogP contribution in [-0.2, 0) is 4.74 Å². The van der Waals surface area contributed by atoms with Gasteiger partial charge in [0.15, 0.2) is 0 Å². The lowest BCUT2D eigenvalue weighted by atomic mass is 10.1. The summed E-state index contributed by atoms with van der Waals surface area (Å²) in [5.41, 5.74) is 3.81. The molecule has 2 N–H and O–H groups in total. The first-order valence-electron chi connectivity index (χ1n) is 8.36. The van der Waals surface area contributed by atoms with Gasteiger partial charge in [-0.1, -0.05) is 48.0 Å². The van der Waals surface area contributed by atoms with Gasteiger partial charge in [-0.25, -0.2) is 4.98 Å². The normalized spacial score (nSPS) is 10.6. The lowest BCUT2D eigenvalue weighted by molar-refractivity contribution is 0.210. The molecule has 1 aromatic heterocycles. The number of benzene rings is 2. The predicted molar refractivity (Wildman–Crippen MR) is 107 cm³/mol. The van der Waals surface area contributed by atoms with Crippen molar-refractivity contribution in [1.82, 2.24) is 9.97 Å². The second-order valence-corrected chi connectivity index (χ2v) is 6.27. The third-order valence-electron chi connectivity index (χ3n) is 3.85. The van der Waals surface area contributed by atoms with Crippen molar-refractivity contribution < 1.29 is 4.74 Å². The first-order valence-corrected chi connectivity index (χ1v) is 8.74. The number of anilines is 3. The summed E-state index contributed by atoms with van der Waals surface area (Å²) >= 11 is 6.12. The third kappa shape index (κ3) is 4.71. The fourth-order valence-corrected chi connectivity index (χ4v) is 2.65. The van der Waals surface area contributed by atoms with Gasteiger partial charge in [-0.2, -0.15) is 4.98 Å². The van der Waals surface area contributed by atoms with Crippen LogP contribution in [0, 0.1) is 6.92 Å². The van der Waals surface area contributed by atoms with Crippen LogP contribution in [0.25, 0.3) is 11.3 Å². The highest BCUT2D eigenvalue weighted by molar-refractivity contribution is 6.30. The molecule has 0 aliphatic heterocycles. The summed E-state index contributed by atoms with van der Waals surface area (Å²) < 4.78 is 5.10. The molecule has 0 radical (unpaired) electrons. The van der Waals surface area contributed by atoms with Gasteiger partial charge < -0.3 is 15.4 Å². The van der Waals surface area contributed by atoms with E-state index < -0.39 is 0 Å². The van der Waals surface area contributed by atoms with E-state index in [1.165, 1.54) is 0 Å². The Balaban J connectivity index is 1.95. The summed E-state index contributed by atoms with van der Waals surface area (Å²) in [7, 11) is 1.67. The Bertz CT molecular complexity index is 871. The van der Waals surface area contributed by atoms with Gasteiger partial charge >= 0.3 is 0 Å². The Morgan fingerprint density at radius 2 is 1.85 bits per heavy atom. The molecule has 0 aliphatic carbocycles. The Morgan fingerprint density at radius 3 is 2.62 bits per heavy atom. The van der Waals surface area contributed by atoms with Crippen molar-refractivity contribution in [3.05, 3.63) is 65.2 Å². The summed E-state index contributed by atoms with van der Waals surface area (Å²) in [5, 5.41) is 7.20. The van der Waals surface area contributed by atoms with Gasteiger partial charge in [0.25, 0.3) is 0 Å². The average molecular weight is 369 g/mol. The Kier molecular flexibility index (Phi) is 6.04. The number of aryl methyl sites for hydroxylation is 1. The summed E-state index contributed by atoms with van der Waals surface area (Å²) in [6, 6.07) is 17.6. The predicted octanol–water partition coefficient (Wildman–Crippen LogP) is 4.91. The molecule has 0 bridgehead atoms. The highest BCUT2D eigenvalue weighted by Gasteiger charge is 2.08. The molecule has 2 aromatic carbocycles. The van der Waals surface area contributed by atoms with Crippen LogP contribution < -0.4 is 10.6 Å². The fourth-order valence-electron chi connectivity index (χ4n) is 2.48. The summed E-state index contributed by atoms with van der Waals surface area (Å²) in [4.78, 5) is 9.23. The lowest BCUT2D eigenvalue weighted by Crippen LogP contribution is -2.10. The topological polar surface area (TPSA) is 59.1 Å². The van der Waals surface area contributed by atoms with Crippen LogP contribution in [0.3, 0.4) is 0 Å². The number of hydrogen-bond donors (Lipinski definition) is 2. The summed E-state index contributed by atoms with van der Waals surface area (Å²) in [6.45, 7) is 3.27. The van der Waals surface area contributed by atoms with E-state index in [9.17, 15) is 0 Å². The van der Waals surface area contributed by atoms with Crippen LogP contribution in [0.1, 0.15) is 5.56 Å². The van der Waals surface area contributed by atoms with Crippen molar-refractivity contribution in [3.8, 4) is 11.3 Å². The fraction of sp³-hybridized carbons (Fsp3) is 0.200. The number of halogens is 1. The molecule has 3 rings (SSSR count). The van der Waals surface area contributed by atoms with E-state index in [0.29, 0.717) is 24.1 Å². The highest BCUT2D eigenvalue weighted by Crippen LogP contribution is 2.26. The molecule has 0 saturated carbocycles. The maximum atomic E-state index is 6.12. The van der Waals surface area contributed by atoms with Gasteiger partial charge in [-0.15, -0.1) is 0 Å². The van der Waals surface area contributed by atoms with E-state index >= 15 is 0 Å². The number of rotatable bonds is 7. The highest BCUT2D eigenvalue weighted by atomic mass is 35.5. The van der Waals surface area contributed by atoms with E-state index in [1.807, 2.05) is 61.5 Å². The number of hydrogen-bond acceptors (Lipinski definition) is 5. The van der Waals surface area contributed by atoms with Crippen LogP contribution in [0.4, 0.5) is 17.5 Å². The molecule has 6 heteroatoms. The molecular formula is C20H21ClN4O. The molecule has 0 saturated heterocycles. The maximum Gasteiger partial charge on any atom is 0.229 e. The molecule has 26 heavy (non-hydrogen) atoms. The van der Waals surface area contributed by atoms with Crippen LogP contribution >= 0.6 is 11.6 Å². The quantitative estimate of drug-likeness (QED) is 0.580. The molecule has 0 aliphatic rings. The van der Waals surface area contributed by atoms with Crippen LogP contribution in [0.15, 0.2) is 54.6 Å². The standard InChI is InChI=1S/C20H21ClN4O/c1-14-8-9-16(21)12-17(14)23-20-24-18(15-6-4-3-5-7-15)13-19(25-20)22-10-11-26-2/h3-9,12-13H,10-11H2,1-2H3,(H2,22,23,24,25). The van der Waals surface area contributed by atoms with Crippen molar-refractivity contribution in [2.45, 2.75) is 6.92 Å². The molecule has 0 amide bonds. The first-order chi connectivity index (χ1) is 12.7. The minimum Gasteiger partial charge on any atom is -0.383 e. The molecule has 134 valence electrons. The first kappa shape index (κ1) is 18.2. The number of methoxy groups -OCH3 is 1. The number of aromatic nitrogens is 2. The zero-order chi connectivity index (χ0) is 18.4. The van der Waals surface area contributed by atoms with Gasteiger partial charge in [0.05, 0.1) is 12.3 Å². The largest absolute Gasteiger partial charge is 0.383 e. The average Bonchev–Trinajstić information content (AvgIpc) is 2.65. The van der Waals surface area contributed by atoms with Crippen molar-refractivity contribution >= 4 is 29.1 Å². The van der Waals surface area contributed by atoms with E-state index in [1.54, 1.807) is 7.11 Å². The summed E-state index contributed by atoms with van der Waals surface area (Å²) in [5.74, 6) is 1.25. The Labute approximate surface area is 158 Å². The van der Waals surface area contributed by atoms with Crippen molar-refractivity contribution in [2.24, 2.45) is 0 Å². The Hall–Kier alpha value is -2.63. The molecular weight excluding hydrogens is 348 g/mol. The molecule has 0 unspecified atom stereocenters. The van der Waals surface area contributed by atoms with E-state index in [-0.39, 0.29) is 0 Å². The molecule has 0 atom stereocenters. The minimum absolute atomic E-state index is 0.511. The molecule has 0 fully saturated rings. The SMILES string of the molecule is COCCNc1cc(-c2ccccc2)nc(Nc2cc(Cl)ccc2C)n1. The van der Waals surface area contributed by atoms with Gasteiger partial charge in [0, 0.05) is 36.0 Å². The smallest absolute Gasteiger partial charge is 0.229 e. The third-order valence-corrected chi connectivity index (χ3v) is 4.09. The molecule has 5 nitrogen and oxygen atoms in total. The van der Waals surface area contributed by atoms with E-state index in [2.05, 4.69) is 20.6 Å². The van der Waals surface area contributed by atoms with Crippen LogP contribution in [-0.4, -0.2) is 30.2 Å². The van der Waals surface area contributed by atoms with E-state index in [4.69, 9.17) is 16.3 Å². The monoisotopic (exact) mass is 368 g/mol. The zero-order valence-electron chi connectivity index (χ0n) is 14.8. The van der Waals surface area contributed by atoms with Gasteiger partial charge in [-0.3, -0.25) is 0 Å². The minimum atomic E-state index is 0.511. The van der Waals surface area contributed by atoms with Crippen molar-refractivity contribution in [1.29, 1.82) is 0 Å². The lowest BCUT2D eigenvalue weighted by Gasteiger charge is -2.13. The maximum absolute atomic E-state index is 6.12.